The van der Waals surface area contributed by atoms with Gasteiger partial charge >= 0.3 is 17.9 Å². The summed E-state index contributed by atoms with van der Waals surface area (Å²) in [5, 5.41) is 8.54. The van der Waals surface area contributed by atoms with Crippen molar-refractivity contribution < 1.29 is 33.3 Å². The number of esters is 3. The maximum atomic E-state index is 12.5. The van der Waals surface area contributed by atoms with E-state index in [-0.39, 0.29) is 24.7 Å². The molecule has 2 N–H and O–H groups in total. The molecule has 0 fully saturated rings. The monoisotopic (exact) mass is 486 g/mol. The van der Waals surface area contributed by atoms with E-state index in [9.17, 15) is 14.4 Å². The normalized spacial score (nSPS) is 22.4. The lowest BCUT2D eigenvalue weighted by atomic mass is 9.77. The first-order valence-corrected chi connectivity index (χ1v) is 11.1. The Morgan fingerprint density at radius 3 is 2.57 bits per heavy atom. The number of anilines is 1. The molecule has 0 bridgehead atoms. The van der Waals surface area contributed by atoms with Gasteiger partial charge in [0.2, 0.25) is 5.76 Å². The second-order valence-electron chi connectivity index (χ2n) is 8.49. The van der Waals surface area contributed by atoms with Crippen LogP contribution >= 0.6 is 0 Å². The number of allylic oxidation sites excluding steroid dienone is 1. The molecular formula is C24H30N4O7. The smallest absolute Gasteiger partial charge is 0.373 e. The SMILES string of the molecule is COC(=O)C1=CC(n2cc(-c3ccccc3N)nn2)[C@@H](C)[C@](C)([C@@H](CCOC(C)=O)OC(C)=O)O1. The summed E-state index contributed by atoms with van der Waals surface area (Å²) < 4.78 is 23.3. The Hall–Kier alpha value is -3.89. The molecule has 11 nitrogen and oxygen atoms in total. The Kier molecular flexibility index (Phi) is 7.78. The third-order valence-corrected chi connectivity index (χ3v) is 6.14. The van der Waals surface area contributed by atoms with Gasteiger partial charge in [0.05, 0.1) is 26.0 Å². The van der Waals surface area contributed by atoms with Crippen molar-refractivity contribution in [2.45, 2.75) is 51.9 Å². The fourth-order valence-corrected chi connectivity index (χ4v) is 4.13. The van der Waals surface area contributed by atoms with E-state index < -0.39 is 35.7 Å². The van der Waals surface area contributed by atoms with E-state index in [2.05, 4.69) is 10.3 Å². The van der Waals surface area contributed by atoms with Crippen LogP contribution in [0.15, 0.2) is 42.3 Å². The lowest BCUT2D eigenvalue weighted by Gasteiger charge is -2.46. The van der Waals surface area contributed by atoms with Crippen molar-refractivity contribution in [3.8, 4) is 11.3 Å². The van der Waals surface area contributed by atoms with Crippen molar-refractivity contribution in [3.63, 3.8) is 0 Å². The van der Waals surface area contributed by atoms with Gasteiger partial charge in [-0.2, -0.15) is 0 Å². The van der Waals surface area contributed by atoms with Gasteiger partial charge in [0.15, 0.2) is 0 Å². The third-order valence-electron chi connectivity index (χ3n) is 6.14. The maximum Gasteiger partial charge on any atom is 0.373 e. The molecule has 2 heterocycles. The lowest BCUT2D eigenvalue weighted by Crippen LogP contribution is -2.54. The Morgan fingerprint density at radius 1 is 1.23 bits per heavy atom. The van der Waals surface area contributed by atoms with Crippen LogP contribution in [0.4, 0.5) is 5.69 Å². The fraction of sp³-hybridized carbons (Fsp3) is 0.458. The maximum absolute atomic E-state index is 12.5. The number of ether oxygens (including phenoxy) is 4. The molecule has 1 aliphatic heterocycles. The van der Waals surface area contributed by atoms with Gasteiger partial charge in [0.25, 0.3) is 0 Å². The standard InChI is InChI=1S/C24H30N4O7/c1-14-20(28-13-19(26-27-28)17-8-6-7-9-18(17)25)12-21(23(31)32-5)35-24(14,4)22(34-16(3)30)10-11-33-15(2)29/h6-9,12-14,20,22H,10-11,25H2,1-5H3/t14-,20?,22-,24-/m1/s1. The van der Waals surface area contributed by atoms with Gasteiger partial charge in [-0.1, -0.05) is 30.3 Å². The number of nitrogens with zero attached hydrogens (tertiary/aromatic N) is 3. The van der Waals surface area contributed by atoms with Crippen LogP contribution in [0.3, 0.4) is 0 Å². The van der Waals surface area contributed by atoms with Crippen molar-refractivity contribution in [3.05, 3.63) is 42.3 Å². The number of rotatable bonds is 8. The number of nitrogens with two attached hydrogens (primary N) is 1. The summed E-state index contributed by atoms with van der Waals surface area (Å²) in [5.41, 5.74) is 6.72. The molecule has 1 unspecified atom stereocenters. The van der Waals surface area contributed by atoms with E-state index in [1.165, 1.54) is 21.0 Å². The van der Waals surface area contributed by atoms with Gasteiger partial charge in [-0.15, -0.1) is 5.10 Å². The average molecular weight is 487 g/mol. The minimum Gasteiger partial charge on any atom is -0.476 e. The molecule has 1 aromatic carbocycles. The number of carbonyl (C=O) groups is 3. The molecule has 0 amide bonds. The van der Waals surface area contributed by atoms with Gasteiger partial charge in [-0.25, -0.2) is 9.48 Å². The van der Waals surface area contributed by atoms with Gasteiger partial charge < -0.3 is 24.7 Å². The van der Waals surface area contributed by atoms with Crippen molar-refractivity contribution in [1.82, 2.24) is 15.0 Å². The minimum atomic E-state index is -1.20. The Labute approximate surface area is 203 Å². The quantitative estimate of drug-likeness (QED) is 0.335. The highest BCUT2D eigenvalue weighted by molar-refractivity contribution is 5.86. The van der Waals surface area contributed by atoms with E-state index in [1.54, 1.807) is 29.9 Å². The third kappa shape index (κ3) is 5.61. The van der Waals surface area contributed by atoms with Crippen LogP contribution < -0.4 is 5.73 Å². The van der Waals surface area contributed by atoms with Crippen LogP contribution in [0.5, 0.6) is 0 Å². The van der Waals surface area contributed by atoms with E-state index in [1.807, 2.05) is 25.1 Å². The van der Waals surface area contributed by atoms with Gasteiger partial charge in [0, 0.05) is 37.4 Å². The molecule has 11 heteroatoms. The molecule has 1 aliphatic rings. The van der Waals surface area contributed by atoms with E-state index in [4.69, 9.17) is 24.7 Å². The number of para-hydroxylation sites is 1. The predicted octanol–water partition coefficient (Wildman–Crippen LogP) is 2.44. The Morgan fingerprint density at radius 2 is 1.94 bits per heavy atom. The summed E-state index contributed by atoms with van der Waals surface area (Å²) in [7, 11) is 1.24. The topological polar surface area (TPSA) is 145 Å². The van der Waals surface area contributed by atoms with Crippen molar-refractivity contribution in [1.29, 1.82) is 0 Å². The number of methoxy groups -OCH3 is 1. The second-order valence-corrected chi connectivity index (χ2v) is 8.49. The van der Waals surface area contributed by atoms with Gasteiger partial charge in [-0.05, 0) is 19.1 Å². The summed E-state index contributed by atoms with van der Waals surface area (Å²) in [6.07, 6.45) is 2.63. The largest absolute Gasteiger partial charge is 0.476 e. The van der Waals surface area contributed by atoms with Gasteiger partial charge in [0.1, 0.15) is 17.4 Å². The highest BCUT2D eigenvalue weighted by Gasteiger charge is 2.51. The molecule has 1 aromatic heterocycles. The van der Waals surface area contributed by atoms with Crippen LogP contribution in [-0.4, -0.2) is 58.3 Å². The highest BCUT2D eigenvalue weighted by Crippen LogP contribution is 2.43. The number of nitrogen functional groups attached to an aromatic ring is 1. The van der Waals surface area contributed by atoms with Crippen molar-refractivity contribution in [2.24, 2.45) is 5.92 Å². The highest BCUT2D eigenvalue weighted by atomic mass is 16.6. The Balaban J connectivity index is 2.01. The number of aromatic nitrogens is 3. The van der Waals surface area contributed by atoms with E-state index in [0.717, 1.165) is 5.56 Å². The molecule has 0 radical (unpaired) electrons. The summed E-state index contributed by atoms with van der Waals surface area (Å²) in [6, 6.07) is 6.76. The molecule has 2 aromatic rings. The minimum absolute atomic E-state index is 0.00163. The van der Waals surface area contributed by atoms with Crippen molar-refractivity contribution in [2.75, 3.05) is 19.5 Å². The summed E-state index contributed by atoms with van der Waals surface area (Å²) >= 11 is 0. The zero-order valence-corrected chi connectivity index (χ0v) is 20.4. The second kappa shape index (κ2) is 10.6. The number of carbonyl (C=O) groups excluding carboxylic acids is 3. The first-order valence-electron chi connectivity index (χ1n) is 11.1. The van der Waals surface area contributed by atoms with E-state index >= 15 is 0 Å². The number of hydrogen-bond acceptors (Lipinski definition) is 10. The molecule has 0 saturated heterocycles. The van der Waals surface area contributed by atoms with Gasteiger partial charge in [-0.3, -0.25) is 9.59 Å². The molecule has 188 valence electrons. The van der Waals surface area contributed by atoms with Crippen LogP contribution in [0.25, 0.3) is 11.3 Å². The predicted molar refractivity (Wildman–Crippen MR) is 124 cm³/mol. The zero-order chi connectivity index (χ0) is 25.8. The molecular weight excluding hydrogens is 456 g/mol. The average Bonchev–Trinajstić information content (AvgIpc) is 3.29. The fourth-order valence-electron chi connectivity index (χ4n) is 4.13. The summed E-state index contributed by atoms with van der Waals surface area (Å²) in [4.78, 5) is 35.7. The van der Waals surface area contributed by atoms with Crippen molar-refractivity contribution >= 4 is 23.6 Å². The molecule has 0 saturated carbocycles. The molecule has 4 atom stereocenters. The summed E-state index contributed by atoms with van der Waals surface area (Å²) in [5.74, 6) is -2.12. The van der Waals surface area contributed by atoms with Crippen LogP contribution in [-0.2, 0) is 33.3 Å². The van der Waals surface area contributed by atoms with E-state index in [0.29, 0.717) is 11.4 Å². The molecule has 35 heavy (non-hydrogen) atoms. The number of benzene rings is 1. The molecule has 0 aliphatic carbocycles. The van der Waals surface area contributed by atoms with Crippen LogP contribution in [0, 0.1) is 5.92 Å². The molecule has 3 rings (SSSR count). The lowest BCUT2D eigenvalue weighted by molar-refractivity contribution is -0.185. The molecule has 0 spiro atoms. The Bertz CT molecular complexity index is 1130. The number of hydrogen-bond donors (Lipinski definition) is 1. The van der Waals surface area contributed by atoms with Crippen LogP contribution in [0.2, 0.25) is 0 Å². The zero-order valence-electron chi connectivity index (χ0n) is 20.4. The summed E-state index contributed by atoms with van der Waals surface area (Å²) in [6.45, 7) is 6.18. The first kappa shape index (κ1) is 25.7. The first-order chi connectivity index (χ1) is 16.6. The van der Waals surface area contributed by atoms with Crippen LogP contribution in [0.1, 0.15) is 40.2 Å².